The molecule has 0 radical (unpaired) electrons. The summed E-state index contributed by atoms with van der Waals surface area (Å²) in [4.78, 5) is 9.87. The van der Waals surface area contributed by atoms with Gasteiger partial charge >= 0.3 is 0 Å². The normalized spacial score (nSPS) is 14.8. The Bertz CT molecular complexity index is 599. The van der Waals surface area contributed by atoms with Gasteiger partial charge in [-0.3, -0.25) is 10.1 Å². The van der Waals surface area contributed by atoms with Crippen LogP contribution in [0.2, 0.25) is 0 Å². The first-order valence-corrected chi connectivity index (χ1v) is 7.53. The summed E-state index contributed by atoms with van der Waals surface area (Å²) in [6, 6.07) is 3.03. The monoisotopic (exact) mass is 305 g/mol. The maximum Gasteiger partial charge on any atom is 0.276 e. The Kier molecular flexibility index (Phi) is 5.17. The number of nitro benzene ring substituents is 1. The average Bonchev–Trinajstić information content (AvgIpc) is 2.36. The van der Waals surface area contributed by atoms with Crippen LogP contribution in [-0.2, 0) is 9.84 Å². The van der Waals surface area contributed by atoms with Crippen molar-refractivity contribution in [2.24, 2.45) is 0 Å². The highest BCUT2D eigenvalue weighted by Crippen LogP contribution is 2.30. The van der Waals surface area contributed by atoms with Crippen molar-refractivity contribution in [1.82, 2.24) is 0 Å². The molecule has 1 aromatic rings. The van der Waals surface area contributed by atoms with Gasteiger partial charge in [-0.15, -0.1) is 0 Å². The number of hydrogen-bond donors (Lipinski definition) is 3. The van der Waals surface area contributed by atoms with Crippen LogP contribution >= 0.6 is 0 Å². The van der Waals surface area contributed by atoms with Crippen LogP contribution in [0, 0.1) is 10.1 Å². The zero-order valence-electron chi connectivity index (χ0n) is 10.6. The Morgan fingerprint density at radius 3 is 2.40 bits per heavy atom. The van der Waals surface area contributed by atoms with E-state index in [1.165, 1.54) is 0 Å². The second-order valence-electron chi connectivity index (χ2n) is 4.27. The number of aliphatic hydroxyl groups is 3. The smallest absolute Gasteiger partial charge is 0.276 e. The summed E-state index contributed by atoms with van der Waals surface area (Å²) >= 11 is 0. The molecule has 9 heteroatoms. The highest BCUT2D eigenvalue weighted by atomic mass is 32.2. The number of nitrogens with zero attached hydrogens (tertiary/aromatic N) is 1. The largest absolute Gasteiger partial charge is 0.396 e. The van der Waals surface area contributed by atoms with E-state index in [0.29, 0.717) is 0 Å². The van der Waals surface area contributed by atoms with Crippen molar-refractivity contribution in [2.75, 3.05) is 12.9 Å². The zero-order chi connectivity index (χ0) is 15.5. The minimum Gasteiger partial charge on any atom is -0.396 e. The molecular formula is C11H15NO7S. The van der Waals surface area contributed by atoms with Crippen molar-refractivity contribution in [3.8, 4) is 0 Å². The third-order valence-electron chi connectivity index (χ3n) is 2.73. The van der Waals surface area contributed by atoms with Gasteiger partial charge in [0.1, 0.15) is 6.10 Å². The molecule has 0 aliphatic rings. The van der Waals surface area contributed by atoms with Crippen molar-refractivity contribution in [3.05, 3.63) is 33.9 Å². The van der Waals surface area contributed by atoms with Gasteiger partial charge in [-0.25, -0.2) is 8.42 Å². The standard InChI is InChI=1S/C11H15NO7S/c1-20(18,19)7-2-3-8(9(6-7)12(16)17)11(15)10(14)4-5-13/h2-3,6,10-11,13-15H,4-5H2,1H3. The van der Waals surface area contributed by atoms with Crippen molar-refractivity contribution in [3.63, 3.8) is 0 Å². The predicted molar refractivity (Wildman–Crippen MR) is 68.9 cm³/mol. The number of sulfone groups is 1. The molecule has 2 atom stereocenters. The van der Waals surface area contributed by atoms with Gasteiger partial charge in [0, 0.05) is 18.9 Å². The predicted octanol–water partition coefficient (Wildman–Crippen LogP) is -0.225. The molecule has 1 rings (SSSR count). The van der Waals surface area contributed by atoms with E-state index in [0.717, 1.165) is 24.5 Å². The lowest BCUT2D eigenvalue weighted by Gasteiger charge is -2.17. The van der Waals surface area contributed by atoms with Gasteiger partial charge in [-0.05, 0) is 18.6 Å². The Morgan fingerprint density at radius 1 is 1.35 bits per heavy atom. The quantitative estimate of drug-likeness (QED) is 0.487. The molecule has 1 aromatic carbocycles. The van der Waals surface area contributed by atoms with Crippen LogP contribution in [0.4, 0.5) is 5.69 Å². The lowest BCUT2D eigenvalue weighted by molar-refractivity contribution is -0.386. The van der Waals surface area contributed by atoms with E-state index in [1.807, 2.05) is 0 Å². The molecule has 0 amide bonds. The van der Waals surface area contributed by atoms with Gasteiger partial charge in [0.25, 0.3) is 5.69 Å². The molecule has 8 nitrogen and oxygen atoms in total. The topological polar surface area (TPSA) is 138 Å². The van der Waals surface area contributed by atoms with Crippen molar-refractivity contribution in [2.45, 2.75) is 23.5 Å². The van der Waals surface area contributed by atoms with E-state index in [4.69, 9.17) is 5.11 Å². The maximum absolute atomic E-state index is 11.4. The number of benzene rings is 1. The molecule has 0 heterocycles. The van der Waals surface area contributed by atoms with Gasteiger partial charge < -0.3 is 15.3 Å². The molecule has 0 bridgehead atoms. The zero-order valence-corrected chi connectivity index (χ0v) is 11.4. The van der Waals surface area contributed by atoms with Gasteiger partial charge in [-0.1, -0.05) is 0 Å². The summed E-state index contributed by atoms with van der Waals surface area (Å²) in [6.07, 6.45) is -2.23. The molecule has 0 saturated carbocycles. The van der Waals surface area contributed by atoms with Crippen LogP contribution in [0.15, 0.2) is 23.1 Å². The molecule has 20 heavy (non-hydrogen) atoms. The van der Waals surface area contributed by atoms with Crippen LogP contribution in [0.1, 0.15) is 18.1 Å². The summed E-state index contributed by atoms with van der Waals surface area (Å²) in [7, 11) is -3.62. The van der Waals surface area contributed by atoms with Crippen molar-refractivity contribution < 1.29 is 28.7 Å². The molecule has 3 N–H and O–H groups in total. The van der Waals surface area contributed by atoms with Crippen LogP contribution in [0.3, 0.4) is 0 Å². The SMILES string of the molecule is CS(=O)(=O)c1ccc(C(O)C(O)CCO)c([N+](=O)[O-])c1. The van der Waals surface area contributed by atoms with E-state index in [2.05, 4.69) is 0 Å². The van der Waals surface area contributed by atoms with Crippen LogP contribution in [-0.4, -0.2) is 47.6 Å². The molecule has 0 aliphatic carbocycles. The third-order valence-corrected chi connectivity index (χ3v) is 3.84. The van der Waals surface area contributed by atoms with E-state index in [-0.39, 0.29) is 16.9 Å². The van der Waals surface area contributed by atoms with E-state index in [9.17, 15) is 28.7 Å². The van der Waals surface area contributed by atoms with Crippen LogP contribution < -0.4 is 0 Å². The molecule has 0 fully saturated rings. The first-order valence-electron chi connectivity index (χ1n) is 5.64. The molecule has 0 spiro atoms. The lowest BCUT2D eigenvalue weighted by Crippen LogP contribution is -2.20. The fourth-order valence-corrected chi connectivity index (χ4v) is 2.30. The molecule has 112 valence electrons. The Morgan fingerprint density at radius 2 is 1.95 bits per heavy atom. The molecular weight excluding hydrogens is 290 g/mol. The van der Waals surface area contributed by atoms with Crippen molar-refractivity contribution >= 4 is 15.5 Å². The molecule has 0 saturated heterocycles. The van der Waals surface area contributed by atoms with E-state index in [1.54, 1.807) is 0 Å². The van der Waals surface area contributed by atoms with Crippen LogP contribution in [0.5, 0.6) is 0 Å². The number of hydrogen-bond acceptors (Lipinski definition) is 7. The van der Waals surface area contributed by atoms with E-state index >= 15 is 0 Å². The Labute approximate surface area is 115 Å². The van der Waals surface area contributed by atoms with E-state index < -0.39 is 39.3 Å². The maximum atomic E-state index is 11.4. The summed E-state index contributed by atoms with van der Waals surface area (Å²) in [5, 5.41) is 39.0. The summed E-state index contributed by atoms with van der Waals surface area (Å²) in [5.74, 6) is 0. The highest BCUT2D eigenvalue weighted by Gasteiger charge is 2.27. The summed E-state index contributed by atoms with van der Waals surface area (Å²) in [6.45, 7) is -0.395. The molecule has 0 aromatic heterocycles. The Balaban J connectivity index is 3.31. The van der Waals surface area contributed by atoms with Gasteiger partial charge in [0.2, 0.25) is 0 Å². The fourth-order valence-electron chi connectivity index (χ4n) is 1.66. The number of rotatable bonds is 6. The first-order chi connectivity index (χ1) is 9.18. The molecule has 2 unspecified atom stereocenters. The highest BCUT2D eigenvalue weighted by molar-refractivity contribution is 7.90. The minimum absolute atomic E-state index is 0.161. The molecule has 0 aliphatic heterocycles. The fraction of sp³-hybridized carbons (Fsp3) is 0.455. The van der Waals surface area contributed by atoms with Crippen molar-refractivity contribution in [1.29, 1.82) is 0 Å². The second kappa shape index (κ2) is 6.27. The first kappa shape index (κ1) is 16.5. The van der Waals surface area contributed by atoms with Gasteiger partial charge in [0.15, 0.2) is 9.84 Å². The summed E-state index contributed by atoms with van der Waals surface area (Å²) < 4.78 is 22.7. The minimum atomic E-state index is -3.62. The summed E-state index contributed by atoms with van der Waals surface area (Å²) in [5.41, 5.74) is -0.805. The number of aliphatic hydroxyl groups excluding tert-OH is 3. The third kappa shape index (κ3) is 3.73. The lowest BCUT2D eigenvalue weighted by atomic mass is 10.0. The average molecular weight is 305 g/mol. The van der Waals surface area contributed by atoms with Crippen LogP contribution in [0.25, 0.3) is 0 Å². The van der Waals surface area contributed by atoms with Gasteiger partial charge in [0.05, 0.1) is 21.5 Å². The Hall–Kier alpha value is -1.55. The number of nitro groups is 1. The van der Waals surface area contributed by atoms with Gasteiger partial charge in [-0.2, -0.15) is 0 Å². The second-order valence-corrected chi connectivity index (χ2v) is 6.29.